The number of nitrogens with one attached hydrogen (secondary N) is 1. The second-order valence-corrected chi connectivity index (χ2v) is 5.81. The zero-order valence-electron chi connectivity index (χ0n) is 10.1. The Morgan fingerprint density at radius 2 is 1.95 bits per heavy atom. The predicted octanol–water partition coefficient (Wildman–Crippen LogP) is 4.34. The van der Waals surface area contributed by atoms with Gasteiger partial charge in [0, 0.05) is 20.2 Å². The van der Waals surface area contributed by atoms with Gasteiger partial charge >= 0.3 is 0 Å². The van der Waals surface area contributed by atoms with Crippen LogP contribution < -0.4 is 5.32 Å². The first kappa shape index (κ1) is 13.4. The maximum absolute atomic E-state index is 12.1. The smallest absolute Gasteiger partial charge is 0.256 e. The molecular weight excluding hydrogens is 391 g/mol. The highest BCUT2D eigenvalue weighted by Gasteiger charge is 2.12. The first-order valence-corrected chi connectivity index (χ1v) is 7.21. The topological polar surface area (TPSA) is 55.1 Å². The van der Waals surface area contributed by atoms with Crippen molar-refractivity contribution < 1.29 is 9.32 Å². The lowest BCUT2D eigenvalue weighted by molar-refractivity contribution is 0.102. The molecule has 0 spiro atoms. The first-order chi connectivity index (χ1) is 9.63. The molecule has 0 bridgehead atoms. The standard InChI is InChI=1S/C14H8ClIN2O2/c15-9-3-6-11-12(7-9)20-18-13(11)17-14(19)8-1-4-10(16)5-2-8/h1-7H,(H,17,18,19). The number of carbonyl (C=O) groups is 1. The Kier molecular flexibility index (Phi) is 3.62. The number of anilines is 1. The number of halogens is 2. The summed E-state index contributed by atoms with van der Waals surface area (Å²) in [6.45, 7) is 0. The average molecular weight is 399 g/mol. The molecule has 4 nitrogen and oxygen atoms in total. The lowest BCUT2D eigenvalue weighted by atomic mass is 10.2. The molecule has 1 heterocycles. The summed E-state index contributed by atoms with van der Waals surface area (Å²) in [4.78, 5) is 12.1. The second kappa shape index (κ2) is 5.41. The van der Waals surface area contributed by atoms with Crippen molar-refractivity contribution in [2.75, 3.05) is 5.32 Å². The van der Waals surface area contributed by atoms with E-state index in [9.17, 15) is 4.79 Å². The van der Waals surface area contributed by atoms with Gasteiger partial charge in [0.2, 0.25) is 0 Å². The largest absolute Gasteiger partial charge is 0.354 e. The van der Waals surface area contributed by atoms with Gasteiger partial charge in [-0.3, -0.25) is 4.79 Å². The molecule has 100 valence electrons. The maximum Gasteiger partial charge on any atom is 0.256 e. The van der Waals surface area contributed by atoms with E-state index in [0.29, 0.717) is 27.4 Å². The minimum Gasteiger partial charge on any atom is -0.354 e. The van der Waals surface area contributed by atoms with E-state index in [1.165, 1.54) is 0 Å². The highest BCUT2D eigenvalue weighted by atomic mass is 127. The van der Waals surface area contributed by atoms with E-state index in [4.69, 9.17) is 16.1 Å². The van der Waals surface area contributed by atoms with Gasteiger partial charge in [0.15, 0.2) is 11.4 Å². The Morgan fingerprint density at radius 3 is 2.70 bits per heavy atom. The Morgan fingerprint density at radius 1 is 1.20 bits per heavy atom. The van der Waals surface area contributed by atoms with Gasteiger partial charge in [0.1, 0.15) is 0 Å². The Hall–Kier alpha value is -1.60. The molecule has 1 amide bonds. The number of fused-ring (bicyclic) bond motifs is 1. The summed E-state index contributed by atoms with van der Waals surface area (Å²) in [6, 6.07) is 12.4. The highest BCUT2D eigenvalue weighted by Crippen LogP contribution is 2.26. The third kappa shape index (κ3) is 2.64. The van der Waals surface area contributed by atoms with Crippen molar-refractivity contribution in [3.8, 4) is 0 Å². The molecule has 1 aromatic heterocycles. The van der Waals surface area contributed by atoms with Crippen molar-refractivity contribution in [3.63, 3.8) is 0 Å². The molecule has 2 aromatic carbocycles. The zero-order chi connectivity index (χ0) is 14.1. The van der Waals surface area contributed by atoms with E-state index in [1.54, 1.807) is 30.3 Å². The number of amides is 1. The van der Waals surface area contributed by atoms with Crippen molar-refractivity contribution in [3.05, 3.63) is 56.6 Å². The van der Waals surface area contributed by atoms with E-state index in [2.05, 4.69) is 33.1 Å². The molecule has 0 saturated carbocycles. The van der Waals surface area contributed by atoms with Gasteiger partial charge in [-0.1, -0.05) is 16.8 Å². The summed E-state index contributed by atoms with van der Waals surface area (Å²) in [5.74, 6) is 0.159. The van der Waals surface area contributed by atoms with Gasteiger partial charge in [-0.2, -0.15) is 0 Å². The first-order valence-electron chi connectivity index (χ1n) is 5.75. The highest BCUT2D eigenvalue weighted by molar-refractivity contribution is 14.1. The van der Waals surface area contributed by atoms with Crippen LogP contribution in [0, 0.1) is 3.57 Å². The van der Waals surface area contributed by atoms with Crippen LogP contribution in [0.3, 0.4) is 0 Å². The SMILES string of the molecule is O=C(Nc1noc2cc(Cl)ccc12)c1ccc(I)cc1. The van der Waals surface area contributed by atoms with E-state index in [1.807, 2.05) is 12.1 Å². The van der Waals surface area contributed by atoms with Crippen LogP contribution in [-0.2, 0) is 0 Å². The number of rotatable bonds is 2. The summed E-state index contributed by atoms with van der Waals surface area (Å²) in [5.41, 5.74) is 1.10. The summed E-state index contributed by atoms with van der Waals surface area (Å²) in [7, 11) is 0. The van der Waals surface area contributed by atoms with Gasteiger partial charge in [-0.25, -0.2) is 0 Å². The number of carbonyl (C=O) groups excluding carboxylic acids is 1. The lowest BCUT2D eigenvalue weighted by Gasteiger charge is -2.02. The molecule has 6 heteroatoms. The molecule has 20 heavy (non-hydrogen) atoms. The minimum atomic E-state index is -0.230. The molecule has 0 aliphatic rings. The van der Waals surface area contributed by atoms with Crippen LogP contribution in [0.2, 0.25) is 5.02 Å². The van der Waals surface area contributed by atoms with Gasteiger partial charge in [-0.05, 0) is 59.0 Å². The van der Waals surface area contributed by atoms with Crippen LogP contribution in [0.15, 0.2) is 47.0 Å². The predicted molar refractivity (Wildman–Crippen MR) is 86.1 cm³/mol. The number of hydrogen-bond donors (Lipinski definition) is 1. The average Bonchev–Trinajstić information content (AvgIpc) is 2.81. The molecule has 0 unspecified atom stereocenters. The minimum absolute atomic E-state index is 0.230. The van der Waals surface area contributed by atoms with Crippen molar-refractivity contribution in [1.29, 1.82) is 0 Å². The molecular formula is C14H8ClIN2O2. The molecule has 0 radical (unpaired) electrons. The van der Waals surface area contributed by atoms with Crippen molar-refractivity contribution in [1.82, 2.24) is 5.16 Å². The molecule has 0 aliphatic heterocycles. The Balaban J connectivity index is 1.89. The van der Waals surface area contributed by atoms with Gasteiger partial charge in [0.25, 0.3) is 5.91 Å². The van der Waals surface area contributed by atoms with Crippen molar-refractivity contribution in [2.24, 2.45) is 0 Å². The second-order valence-electron chi connectivity index (χ2n) is 4.13. The van der Waals surface area contributed by atoms with E-state index in [0.717, 1.165) is 3.57 Å². The zero-order valence-corrected chi connectivity index (χ0v) is 13.0. The third-order valence-corrected chi connectivity index (χ3v) is 3.73. The molecule has 1 N–H and O–H groups in total. The lowest BCUT2D eigenvalue weighted by Crippen LogP contribution is -2.12. The van der Waals surface area contributed by atoms with Gasteiger partial charge in [-0.15, -0.1) is 0 Å². The number of nitrogens with zero attached hydrogens (tertiary/aromatic N) is 1. The third-order valence-electron chi connectivity index (χ3n) is 2.77. The van der Waals surface area contributed by atoms with E-state index >= 15 is 0 Å². The van der Waals surface area contributed by atoms with Crippen LogP contribution in [-0.4, -0.2) is 11.1 Å². The van der Waals surface area contributed by atoms with Crippen LogP contribution in [0.4, 0.5) is 5.82 Å². The van der Waals surface area contributed by atoms with Crippen LogP contribution in [0.1, 0.15) is 10.4 Å². The summed E-state index contributed by atoms with van der Waals surface area (Å²) < 4.78 is 6.21. The molecule has 0 saturated heterocycles. The Bertz CT molecular complexity index is 783. The fraction of sp³-hybridized carbons (Fsp3) is 0. The molecule has 0 aliphatic carbocycles. The van der Waals surface area contributed by atoms with Crippen LogP contribution in [0.5, 0.6) is 0 Å². The normalized spacial score (nSPS) is 10.7. The summed E-state index contributed by atoms with van der Waals surface area (Å²) >= 11 is 8.05. The number of benzene rings is 2. The molecule has 3 aromatic rings. The van der Waals surface area contributed by atoms with Crippen LogP contribution in [0.25, 0.3) is 11.0 Å². The van der Waals surface area contributed by atoms with Gasteiger partial charge < -0.3 is 9.84 Å². The fourth-order valence-corrected chi connectivity index (χ4v) is 2.30. The van der Waals surface area contributed by atoms with Gasteiger partial charge in [0.05, 0.1) is 5.39 Å². The Labute approximate surface area is 133 Å². The van der Waals surface area contributed by atoms with E-state index < -0.39 is 0 Å². The summed E-state index contributed by atoms with van der Waals surface area (Å²) in [6.07, 6.45) is 0. The van der Waals surface area contributed by atoms with Crippen molar-refractivity contribution in [2.45, 2.75) is 0 Å². The van der Waals surface area contributed by atoms with Crippen molar-refractivity contribution >= 4 is 56.9 Å². The molecule has 3 rings (SSSR count). The molecule has 0 atom stereocenters. The quantitative estimate of drug-likeness (QED) is 0.654. The fourth-order valence-electron chi connectivity index (χ4n) is 1.78. The summed E-state index contributed by atoms with van der Waals surface area (Å²) in [5, 5.41) is 7.86. The number of aromatic nitrogens is 1. The van der Waals surface area contributed by atoms with E-state index in [-0.39, 0.29) is 5.91 Å². The number of hydrogen-bond acceptors (Lipinski definition) is 3. The molecule has 0 fully saturated rings. The monoisotopic (exact) mass is 398 g/mol. The maximum atomic E-state index is 12.1. The van der Waals surface area contributed by atoms with Crippen LogP contribution >= 0.6 is 34.2 Å².